The Hall–Kier alpha value is -0.650. The monoisotopic (exact) mass is 293 g/mol. The van der Waals surface area contributed by atoms with Gasteiger partial charge in [0.25, 0.3) is 0 Å². The van der Waals surface area contributed by atoms with Crippen molar-refractivity contribution in [3.05, 3.63) is 29.6 Å². The Bertz CT molecular complexity index is 527. The predicted octanol–water partition coefficient (Wildman–Crippen LogP) is 2.82. The van der Waals surface area contributed by atoms with Crippen molar-refractivity contribution < 1.29 is 12.8 Å². The molecule has 1 aromatic carbocycles. The highest BCUT2D eigenvalue weighted by atomic mass is 35.5. The van der Waals surface area contributed by atoms with Crippen LogP contribution in [0.1, 0.15) is 25.8 Å². The second-order valence-corrected chi connectivity index (χ2v) is 6.48. The van der Waals surface area contributed by atoms with E-state index < -0.39 is 21.4 Å². The predicted molar refractivity (Wildman–Crippen MR) is 70.9 cm³/mol. The molecule has 1 atom stereocenters. The van der Waals surface area contributed by atoms with E-state index in [0.29, 0.717) is 12.0 Å². The number of alkyl halides is 1. The lowest BCUT2D eigenvalue weighted by molar-refractivity contribution is 0.444. The molecule has 0 aliphatic heterocycles. The number of benzene rings is 1. The Morgan fingerprint density at radius 1 is 1.44 bits per heavy atom. The molecule has 1 rings (SSSR count). The number of hydrogen-bond donors (Lipinski definition) is 1. The molecule has 1 unspecified atom stereocenters. The number of sulfonamides is 1. The van der Waals surface area contributed by atoms with Gasteiger partial charge in [0.2, 0.25) is 10.0 Å². The lowest BCUT2D eigenvalue weighted by Crippen LogP contribution is -2.47. The molecule has 1 N–H and O–H groups in total. The molecule has 0 bridgehead atoms. The molecule has 102 valence electrons. The minimum atomic E-state index is -3.69. The first-order valence-corrected chi connectivity index (χ1v) is 7.62. The first-order chi connectivity index (χ1) is 8.24. The molecule has 0 fully saturated rings. The van der Waals surface area contributed by atoms with Gasteiger partial charge in [-0.15, -0.1) is 11.6 Å². The van der Waals surface area contributed by atoms with E-state index in [0.717, 1.165) is 6.07 Å². The smallest absolute Gasteiger partial charge is 0.207 e. The highest BCUT2D eigenvalue weighted by Gasteiger charge is 2.29. The third-order valence-electron chi connectivity index (χ3n) is 2.88. The van der Waals surface area contributed by atoms with E-state index in [1.165, 1.54) is 12.1 Å². The maximum Gasteiger partial charge on any atom is 0.241 e. The summed E-state index contributed by atoms with van der Waals surface area (Å²) in [5.41, 5.74) is -0.336. The molecule has 0 aliphatic carbocycles. The number of hydrogen-bond acceptors (Lipinski definition) is 2. The van der Waals surface area contributed by atoms with Crippen LogP contribution in [0.15, 0.2) is 23.1 Å². The minimum absolute atomic E-state index is 0.0775. The summed E-state index contributed by atoms with van der Waals surface area (Å²) in [6, 6.07) is 3.58. The van der Waals surface area contributed by atoms with Gasteiger partial charge in [0.1, 0.15) is 5.82 Å². The molecule has 0 heterocycles. The Kier molecular flexibility index (Phi) is 4.75. The van der Waals surface area contributed by atoms with Gasteiger partial charge < -0.3 is 0 Å². The SMILES string of the molecule is CCC(C)(CCl)NS(=O)(=O)c1ccc(F)cc1C. The standard InChI is InChI=1S/C12H17ClFNO2S/c1-4-12(3,8-13)15-18(16,17)11-6-5-10(14)7-9(11)2/h5-7,15H,4,8H2,1-3H3. The Morgan fingerprint density at radius 3 is 2.50 bits per heavy atom. The zero-order chi connectivity index (χ0) is 14.0. The average molecular weight is 294 g/mol. The van der Waals surface area contributed by atoms with Crippen molar-refractivity contribution >= 4 is 21.6 Å². The highest BCUT2D eigenvalue weighted by molar-refractivity contribution is 7.89. The summed E-state index contributed by atoms with van der Waals surface area (Å²) in [7, 11) is -3.69. The van der Waals surface area contributed by atoms with Crippen LogP contribution in [0.25, 0.3) is 0 Å². The normalized spacial score (nSPS) is 15.4. The number of halogens is 2. The summed E-state index contributed by atoms with van der Waals surface area (Å²) < 4.78 is 39.9. The minimum Gasteiger partial charge on any atom is -0.207 e. The van der Waals surface area contributed by atoms with Crippen molar-refractivity contribution in [2.75, 3.05) is 5.88 Å². The molecule has 6 heteroatoms. The molecule has 0 amide bonds. The fourth-order valence-electron chi connectivity index (χ4n) is 1.49. The van der Waals surface area contributed by atoms with Crippen molar-refractivity contribution in [2.45, 2.75) is 37.6 Å². The van der Waals surface area contributed by atoms with Gasteiger partial charge in [-0.1, -0.05) is 6.92 Å². The van der Waals surface area contributed by atoms with Crippen molar-refractivity contribution in [3.63, 3.8) is 0 Å². The van der Waals surface area contributed by atoms with Crippen LogP contribution >= 0.6 is 11.6 Å². The number of nitrogens with one attached hydrogen (secondary N) is 1. The van der Waals surface area contributed by atoms with Gasteiger partial charge in [0, 0.05) is 11.4 Å². The molecule has 0 aromatic heterocycles. The fourth-order valence-corrected chi connectivity index (χ4v) is 3.53. The van der Waals surface area contributed by atoms with Gasteiger partial charge in [0.15, 0.2) is 0 Å². The Labute approximate surface area is 112 Å². The van der Waals surface area contributed by atoms with Crippen LogP contribution < -0.4 is 4.72 Å². The van der Waals surface area contributed by atoms with Crippen molar-refractivity contribution in [3.8, 4) is 0 Å². The summed E-state index contributed by atoms with van der Waals surface area (Å²) in [6.45, 7) is 5.14. The van der Waals surface area contributed by atoms with Crippen molar-refractivity contribution in [1.82, 2.24) is 4.72 Å². The zero-order valence-electron chi connectivity index (χ0n) is 10.6. The van der Waals surface area contributed by atoms with Gasteiger partial charge in [-0.3, -0.25) is 0 Å². The maximum atomic E-state index is 13.0. The first kappa shape index (κ1) is 15.4. The van der Waals surface area contributed by atoms with E-state index in [-0.39, 0.29) is 10.8 Å². The van der Waals surface area contributed by atoms with Crippen molar-refractivity contribution in [1.29, 1.82) is 0 Å². The third kappa shape index (κ3) is 3.43. The van der Waals surface area contributed by atoms with Crippen LogP contribution in [0.5, 0.6) is 0 Å². The van der Waals surface area contributed by atoms with Gasteiger partial charge >= 0.3 is 0 Å². The van der Waals surface area contributed by atoms with E-state index in [2.05, 4.69) is 4.72 Å². The van der Waals surface area contributed by atoms with E-state index >= 15 is 0 Å². The Balaban J connectivity index is 3.15. The van der Waals surface area contributed by atoms with Crippen LogP contribution in [0.2, 0.25) is 0 Å². The highest BCUT2D eigenvalue weighted by Crippen LogP contribution is 2.20. The summed E-state index contributed by atoms with van der Waals surface area (Å²) in [6.07, 6.45) is 0.565. The van der Waals surface area contributed by atoms with Crippen molar-refractivity contribution in [2.24, 2.45) is 0 Å². The summed E-state index contributed by atoms with van der Waals surface area (Å²) >= 11 is 5.78. The quantitative estimate of drug-likeness (QED) is 0.849. The topological polar surface area (TPSA) is 46.2 Å². The summed E-state index contributed by atoms with van der Waals surface area (Å²) in [5, 5.41) is 0. The number of aryl methyl sites for hydroxylation is 1. The fraction of sp³-hybridized carbons (Fsp3) is 0.500. The van der Waals surface area contributed by atoms with Gasteiger partial charge in [0.05, 0.1) is 4.90 Å². The van der Waals surface area contributed by atoms with Gasteiger partial charge in [-0.25, -0.2) is 17.5 Å². The maximum absolute atomic E-state index is 13.0. The third-order valence-corrected chi connectivity index (χ3v) is 5.27. The molecule has 1 aromatic rings. The van der Waals surface area contributed by atoms with Crippen LogP contribution in [0, 0.1) is 12.7 Å². The first-order valence-electron chi connectivity index (χ1n) is 5.60. The lowest BCUT2D eigenvalue weighted by atomic mass is 10.0. The van der Waals surface area contributed by atoms with E-state index in [9.17, 15) is 12.8 Å². The van der Waals surface area contributed by atoms with Crippen LogP contribution in [-0.4, -0.2) is 19.8 Å². The van der Waals surface area contributed by atoms with Crippen LogP contribution in [0.3, 0.4) is 0 Å². The van der Waals surface area contributed by atoms with E-state index in [1.807, 2.05) is 6.92 Å². The summed E-state index contributed by atoms with van der Waals surface area (Å²) in [5.74, 6) is -0.287. The molecule has 0 aliphatic rings. The Morgan fingerprint density at radius 2 is 2.06 bits per heavy atom. The molecule has 3 nitrogen and oxygen atoms in total. The largest absolute Gasteiger partial charge is 0.241 e. The van der Waals surface area contributed by atoms with Gasteiger partial charge in [-0.2, -0.15) is 0 Å². The van der Waals surface area contributed by atoms with Gasteiger partial charge in [-0.05, 0) is 44.0 Å². The molecular weight excluding hydrogens is 277 g/mol. The molecule has 0 saturated carbocycles. The second kappa shape index (κ2) is 5.55. The van der Waals surface area contributed by atoms with E-state index in [1.54, 1.807) is 13.8 Å². The number of rotatable bonds is 5. The molecule has 0 radical (unpaired) electrons. The zero-order valence-corrected chi connectivity index (χ0v) is 12.2. The average Bonchev–Trinajstić information content (AvgIpc) is 2.27. The molecule has 0 saturated heterocycles. The molecule has 0 spiro atoms. The van der Waals surface area contributed by atoms with E-state index in [4.69, 9.17) is 11.6 Å². The summed E-state index contributed by atoms with van der Waals surface area (Å²) in [4.78, 5) is 0.0775. The molecule has 18 heavy (non-hydrogen) atoms. The van der Waals surface area contributed by atoms with Crippen LogP contribution in [-0.2, 0) is 10.0 Å². The molecular formula is C12H17ClFNO2S. The lowest BCUT2D eigenvalue weighted by Gasteiger charge is -2.27. The second-order valence-electron chi connectivity index (χ2n) is 4.56. The van der Waals surface area contributed by atoms with Crippen LogP contribution in [0.4, 0.5) is 4.39 Å².